The molecule has 0 spiro atoms. The number of rotatable bonds is 6. The molecule has 0 saturated carbocycles. The van der Waals surface area contributed by atoms with Crippen LogP contribution >= 0.6 is 0 Å². The third-order valence-electron chi connectivity index (χ3n) is 11.5. The van der Waals surface area contributed by atoms with Crippen LogP contribution in [-0.2, 0) is 0 Å². The van der Waals surface area contributed by atoms with Crippen molar-refractivity contribution in [1.82, 2.24) is 0 Å². The topological polar surface area (TPSA) is 128 Å². The molecule has 8 heteroatoms. The molecule has 0 fully saturated rings. The Morgan fingerprint density at radius 1 is 0.274 bits per heavy atom. The number of anilines is 6. The summed E-state index contributed by atoms with van der Waals surface area (Å²) in [6, 6.07) is 63.9. The Labute approximate surface area is 354 Å². The van der Waals surface area contributed by atoms with E-state index in [4.69, 9.17) is 8.83 Å². The maximum Gasteiger partial charge on any atom is 0.136 e. The maximum absolute atomic E-state index is 9.43. The van der Waals surface area contributed by atoms with Gasteiger partial charge in [0, 0.05) is 55.7 Å². The van der Waals surface area contributed by atoms with Crippen molar-refractivity contribution in [3.05, 3.63) is 192 Å². The highest BCUT2D eigenvalue weighted by Gasteiger charge is 2.19. The second-order valence-electron chi connectivity index (χ2n) is 15.1. The zero-order valence-corrected chi connectivity index (χ0v) is 32.7. The summed E-state index contributed by atoms with van der Waals surface area (Å²) in [5.74, 6) is 0. The van der Waals surface area contributed by atoms with Gasteiger partial charge in [-0.25, -0.2) is 0 Å². The fourth-order valence-electron chi connectivity index (χ4n) is 8.42. The van der Waals surface area contributed by atoms with Crippen LogP contribution in [0.25, 0.3) is 65.4 Å². The molecule has 0 aliphatic rings. The molecule has 62 heavy (non-hydrogen) atoms. The Kier molecular flexibility index (Phi) is 8.19. The normalized spacial score (nSPS) is 11.2. The van der Waals surface area contributed by atoms with E-state index in [2.05, 4.69) is 107 Å². The van der Waals surface area contributed by atoms with Crippen LogP contribution in [-0.4, -0.2) is 0 Å². The second-order valence-corrected chi connectivity index (χ2v) is 15.1. The van der Waals surface area contributed by atoms with Crippen molar-refractivity contribution < 1.29 is 8.83 Å². The smallest absolute Gasteiger partial charge is 0.136 e. The molecule has 286 valence electrons. The minimum Gasteiger partial charge on any atom is -0.456 e. The van der Waals surface area contributed by atoms with Crippen LogP contribution in [0.1, 0.15) is 22.3 Å². The Morgan fingerprint density at radius 3 is 0.855 bits per heavy atom. The van der Waals surface area contributed by atoms with E-state index in [0.29, 0.717) is 22.3 Å². The third kappa shape index (κ3) is 5.97. The molecule has 0 aliphatic heterocycles. The Balaban J connectivity index is 0.988. The van der Waals surface area contributed by atoms with Crippen LogP contribution in [0.2, 0.25) is 0 Å². The van der Waals surface area contributed by atoms with Crippen molar-refractivity contribution >= 4 is 99.5 Å². The lowest BCUT2D eigenvalue weighted by molar-refractivity contribution is 0.664. The number of nitrogens with zero attached hydrogens (tertiary/aromatic N) is 6. The number of benzene rings is 9. The summed E-state index contributed by atoms with van der Waals surface area (Å²) >= 11 is 0. The molecule has 0 saturated heterocycles. The quantitative estimate of drug-likeness (QED) is 0.163. The molecular formula is C54H28N6O2. The lowest BCUT2D eigenvalue weighted by Gasteiger charge is -2.26. The van der Waals surface area contributed by atoms with Crippen molar-refractivity contribution in [1.29, 1.82) is 21.0 Å². The van der Waals surface area contributed by atoms with Crippen LogP contribution in [0.15, 0.2) is 179 Å². The van der Waals surface area contributed by atoms with Crippen LogP contribution in [0.4, 0.5) is 34.1 Å². The summed E-state index contributed by atoms with van der Waals surface area (Å²) in [7, 11) is 0. The van der Waals surface area contributed by atoms with Crippen LogP contribution in [0.3, 0.4) is 0 Å². The zero-order chi connectivity index (χ0) is 41.9. The highest BCUT2D eigenvalue weighted by Crippen LogP contribution is 2.43. The third-order valence-corrected chi connectivity index (χ3v) is 11.5. The highest BCUT2D eigenvalue weighted by molar-refractivity contribution is 6.18. The molecule has 2 heterocycles. The maximum atomic E-state index is 9.43. The molecule has 0 radical (unpaired) electrons. The number of fused-ring (bicyclic) bond motifs is 8. The van der Waals surface area contributed by atoms with Crippen LogP contribution < -0.4 is 9.80 Å². The van der Waals surface area contributed by atoms with E-state index in [1.165, 1.54) is 0 Å². The van der Waals surface area contributed by atoms with Crippen LogP contribution in [0.5, 0.6) is 0 Å². The largest absolute Gasteiger partial charge is 0.456 e. The van der Waals surface area contributed by atoms with E-state index in [0.717, 1.165) is 99.5 Å². The van der Waals surface area contributed by atoms with E-state index < -0.39 is 0 Å². The summed E-state index contributed by atoms with van der Waals surface area (Å²) in [6.07, 6.45) is 0. The van der Waals surface area contributed by atoms with Gasteiger partial charge in [-0.1, -0.05) is 12.1 Å². The Morgan fingerprint density at radius 2 is 0.548 bits per heavy atom. The first kappa shape index (κ1) is 35.8. The zero-order valence-electron chi connectivity index (χ0n) is 32.7. The molecule has 0 unspecified atom stereocenters. The predicted molar refractivity (Wildman–Crippen MR) is 244 cm³/mol. The molecule has 8 nitrogen and oxygen atoms in total. The monoisotopic (exact) mass is 792 g/mol. The summed E-state index contributed by atoms with van der Waals surface area (Å²) in [4.78, 5) is 4.21. The first-order chi connectivity index (χ1) is 30.5. The van der Waals surface area contributed by atoms with Gasteiger partial charge in [-0.05, 0) is 179 Å². The Hall–Kier alpha value is -9.34. The fraction of sp³-hybridized carbons (Fsp3) is 0. The first-order valence-electron chi connectivity index (χ1n) is 19.8. The SMILES string of the molecule is N#Cc1ccc(N(c2ccc(C#N)cc2)c2ccc3cc4c(cc3c2)oc2cc3c(cc24)oc2cc4cc(N(c5ccc(C#N)cc5)c5ccc(C#N)cc5)ccc4cc23)cc1. The minimum atomic E-state index is 0.576. The highest BCUT2D eigenvalue weighted by atomic mass is 16.3. The van der Waals surface area contributed by atoms with Crippen molar-refractivity contribution in [2.75, 3.05) is 9.80 Å². The predicted octanol–water partition coefficient (Wildman–Crippen LogP) is 14.2. The molecular weight excluding hydrogens is 765 g/mol. The number of hydrogen-bond donors (Lipinski definition) is 0. The lowest BCUT2D eigenvalue weighted by Crippen LogP contribution is -2.09. The van der Waals surface area contributed by atoms with Crippen molar-refractivity contribution in [3.8, 4) is 24.3 Å². The molecule has 0 bridgehead atoms. The first-order valence-corrected chi connectivity index (χ1v) is 19.8. The van der Waals surface area contributed by atoms with Gasteiger partial charge in [-0.3, -0.25) is 0 Å². The molecule has 0 atom stereocenters. The van der Waals surface area contributed by atoms with Gasteiger partial charge in [0.05, 0.1) is 46.5 Å². The van der Waals surface area contributed by atoms with Gasteiger partial charge in [-0.15, -0.1) is 0 Å². The molecule has 0 aliphatic carbocycles. The number of nitriles is 4. The summed E-state index contributed by atoms with van der Waals surface area (Å²) < 4.78 is 13.2. The van der Waals surface area contributed by atoms with E-state index >= 15 is 0 Å². The molecule has 9 aromatic carbocycles. The van der Waals surface area contributed by atoms with E-state index in [1.54, 1.807) is 48.5 Å². The van der Waals surface area contributed by atoms with E-state index in [9.17, 15) is 21.0 Å². The van der Waals surface area contributed by atoms with Gasteiger partial charge >= 0.3 is 0 Å². The molecule has 11 aromatic rings. The van der Waals surface area contributed by atoms with Gasteiger partial charge in [0.25, 0.3) is 0 Å². The molecule has 11 rings (SSSR count). The van der Waals surface area contributed by atoms with Gasteiger partial charge in [-0.2, -0.15) is 21.0 Å². The molecule has 0 amide bonds. The number of hydrogen-bond acceptors (Lipinski definition) is 8. The number of furan rings is 2. The lowest BCUT2D eigenvalue weighted by atomic mass is 10.0. The minimum absolute atomic E-state index is 0.576. The molecule has 0 N–H and O–H groups in total. The average molecular weight is 793 g/mol. The van der Waals surface area contributed by atoms with Gasteiger partial charge in [0.15, 0.2) is 0 Å². The van der Waals surface area contributed by atoms with Crippen molar-refractivity contribution in [2.24, 2.45) is 0 Å². The fourth-order valence-corrected chi connectivity index (χ4v) is 8.42. The average Bonchev–Trinajstić information content (AvgIpc) is 3.85. The van der Waals surface area contributed by atoms with Gasteiger partial charge in [0.2, 0.25) is 0 Å². The summed E-state index contributed by atoms with van der Waals surface area (Å²) in [5, 5.41) is 45.7. The van der Waals surface area contributed by atoms with Crippen molar-refractivity contribution in [3.63, 3.8) is 0 Å². The van der Waals surface area contributed by atoms with Gasteiger partial charge < -0.3 is 18.6 Å². The summed E-state index contributed by atoms with van der Waals surface area (Å²) in [5.41, 5.74) is 10.7. The second kappa shape index (κ2) is 14.2. The van der Waals surface area contributed by atoms with Crippen LogP contribution in [0, 0.1) is 45.3 Å². The Bertz CT molecular complexity index is 3410. The summed E-state index contributed by atoms with van der Waals surface area (Å²) in [6.45, 7) is 0. The standard InChI is InChI=1S/C54H28N6O2/c55-29-33-1-11-41(12-2-33)59(42-13-3-34(30-56)4-14-42)45-19-9-37-23-47-49-27-54-50(28-53(49)61-51(47)25-39(37)21-45)48-24-38-10-20-46(22-40(38)26-52(48)62-54)60(43-15-5-35(31-57)6-16-43)44-17-7-36(32-58)8-18-44/h1-28H. The molecule has 2 aromatic heterocycles. The van der Waals surface area contributed by atoms with E-state index in [1.807, 2.05) is 48.5 Å². The van der Waals surface area contributed by atoms with E-state index in [-0.39, 0.29) is 0 Å². The van der Waals surface area contributed by atoms with Gasteiger partial charge in [0.1, 0.15) is 22.3 Å². The van der Waals surface area contributed by atoms with Crippen molar-refractivity contribution in [2.45, 2.75) is 0 Å².